The average Bonchev–Trinajstić information content (AvgIpc) is 3.43. The highest BCUT2D eigenvalue weighted by Gasteiger charge is 2.28. The highest BCUT2D eigenvalue weighted by Crippen LogP contribution is 2.30. The van der Waals surface area contributed by atoms with Gasteiger partial charge in [-0.05, 0) is 56.0 Å². The number of hydrogen-bond donors (Lipinski definition) is 2. The highest BCUT2D eigenvalue weighted by atomic mass is 32.2. The van der Waals surface area contributed by atoms with Crippen molar-refractivity contribution in [2.24, 2.45) is 5.92 Å². The Kier molecular flexibility index (Phi) is 8.62. The molecule has 4 rings (SSSR count). The molecule has 0 bridgehead atoms. The molecule has 206 valence electrons. The van der Waals surface area contributed by atoms with Gasteiger partial charge in [-0.2, -0.15) is 13.5 Å². The zero-order valence-electron chi connectivity index (χ0n) is 21.6. The van der Waals surface area contributed by atoms with E-state index in [2.05, 4.69) is 14.9 Å². The van der Waals surface area contributed by atoms with E-state index in [9.17, 15) is 17.6 Å². The van der Waals surface area contributed by atoms with E-state index in [1.54, 1.807) is 12.1 Å². The number of pyridine rings is 1. The molecule has 0 saturated carbocycles. The zero-order valence-corrected chi connectivity index (χ0v) is 22.4. The smallest absolute Gasteiger partial charge is 0.281 e. The molecule has 1 aliphatic rings. The SMILES string of the molecule is CCOC1CCCN(c2nc(-c3cc(F)cc(OCC(C)C)c3)ccc2C(=O)NS(=O)(=O)c2ccn[nH]2)C1.[HH]. The molecule has 0 spiro atoms. The normalized spacial score (nSPS) is 16.0. The van der Waals surface area contributed by atoms with Crippen molar-refractivity contribution in [2.75, 3.05) is 31.2 Å². The molecule has 1 unspecified atom stereocenters. The van der Waals surface area contributed by atoms with E-state index in [0.29, 0.717) is 43.3 Å². The van der Waals surface area contributed by atoms with E-state index in [1.165, 1.54) is 30.5 Å². The topological polar surface area (TPSA) is 127 Å². The van der Waals surface area contributed by atoms with Gasteiger partial charge in [0.1, 0.15) is 17.4 Å². The van der Waals surface area contributed by atoms with Gasteiger partial charge in [0.25, 0.3) is 15.9 Å². The molecule has 3 aromatic rings. The first-order valence-electron chi connectivity index (χ1n) is 12.5. The molecule has 10 nitrogen and oxygen atoms in total. The number of piperidine rings is 1. The zero-order chi connectivity index (χ0) is 27.3. The predicted molar refractivity (Wildman–Crippen MR) is 142 cm³/mol. The quantitative estimate of drug-likeness (QED) is 0.390. The van der Waals surface area contributed by atoms with Crippen molar-refractivity contribution in [3.05, 3.63) is 54.0 Å². The van der Waals surface area contributed by atoms with Gasteiger partial charge in [0.15, 0.2) is 5.03 Å². The minimum atomic E-state index is -4.17. The van der Waals surface area contributed by atoms with Gasteiger partial charge in [0.2, 0.25) is 0 Å². The average molecular weight is 548 g/mol. The van der Waals surface area contributed by atoms with Crippen LogP contribution in [0.3, 0.4) is 0 Å². The summed E-state index contributed by atoms with van der Waals surface area (Å²) in [5, 5.41) is 5.75. The van der Waals surface area contributed by atoms with Crippen LogP contribution in [-0.2, 0) is 14.8 Å². The fourth-order valence-electron chi connectivity index (χ4n) is 4.21. The number of hydrogen-bond acceptors (Lipinski definition) is 8. The third-order valence-electron chi connectivity index (χ3n) is 5.94. The molecule has 2 aromatic heterocycles. The molecule has 12 heteroatoms. The summed E-state index contributed by atoms with van der Waals surface area (Å²) in [6, 6.07) is 8.66. The van der Waals surface area contributed by atoms with Crippen LogP contribution < -0.4 is 14.4 Å². The van der Waals surface area contributed by atoms with Crippen molar-refractivity contribution in [1.29, 1.82) is 0 Å². The second-order valence-electron chi connectivity index (χ2n) is 9.47. The number of halogens is 1. The number of carbonyl (C=O) groups excluding carboxylic acids is 1. The second kappa shape index (κ2) is 11.9. The number of aromatic amines is 1. The molecule has 3 heterocycles. The molecule has 1 aliphatic heterocycles. The minimum Gasteiger partial charge on any atom is -0.493 e. The molecule has 2 N–H and O–H groups in total. The summed E-state index contributed by atoms with van der Waals surface area (Å²) in [5.41, 5.74) is 0.961. The Labute approximate surface area is 223 Å². The van der Waals surface area contributed by atoms with E-state index in [0.717, 1.165) is 12.8 Å². The molecular formula is C26H34FN5O5S. The Hall–Kier alpha value is -3.51. The van der Waals surface area contributed by atoms with E-state index < -0.39 is 21.7 Å². The number of aromatic nitrogens is 3. The number of nitrogens with zero attached hydrogens (tertiary/aromatic N) is 3. The number of nitrogens with one attached hydrogen (secondary N) is 2. The van der Waals surface area contributed by atoms with Crippen LogP contribution in [0.25, 0.3) is 11.3 Å². The highest BCUT2D eigenvalue weighted by molar-refractivity contribution is 7.90. The second-order valence-corrected chi connectivity index (χ2v) is 11.1. The van der Waals surface area contributed by atoms with Crippen molar-refractivity contribution < 1.29 is 28.5 Å². The number of benzene rings is 1. The maximum atomic E-state index is 14.5. The van der Waals surface area contributed by atoms with Gasteiger partial charge in [0.05, 0.1) is 30.2 Å². The summed E-state index contributed by atoms with van der Waals surface area (Å²) in [4.78, 5) is 19.9. The Morgan fingerprint density at radius 3 is 2.82 bits per heavy atom. The number of H-pyrrole nitrogens is 1. The lowest BCUT2D eigenvalue weighted by atomic mass is 10.1. The van der Waals surface area contributed by atoms with Crippen molar-refractivity contribution in [3.8, 4) is 17.0 Å². The summed E-state index contributed by atoms with van der Waals surface area (Å²) in [7, 11) is -4.17. The van der Waals surface area contributed by atoms with Crippen LogP contribution in [0.4, 0.5) is 10.2 Å². The number of ether oxygens (including phenoxy) is 2. The van der Waals surface area contributed by atoms with Crippen molar-refractivity contribution in [1.82, 2.24) is 19.9 Å². The predicted octanol–water partition coefficient (Wildman–Crippen LogP) is 4.02. The van der Waals surface area contributed by atoms with Crippen molar-refractivity contribution in [3.63, 3.8) is 0 Å². The lowest BCUT2D eigenvalue weighted by Crippen LogP contribution is -2.41. The van der Waals surface area contributed by atoms with E-state index in [4.69, 9.17) is 14.5 Å². The minimum absolute atomic E-state index is 0. The molecule has 0 radical (unpaired) electrons. The van der Waals surface area contributed by atoms with Crippen LogP contribution in [0.15, 0.2) is 47.6 Å². The number of rotatable bonds is 10. The van der Waals surface area contributed by atoms with Crippen LogP contribution in [0.1, 0.15) is 45.4 Å². The fourth-order valence-corrected chi connectivity index (χ4v) is 5.09. The van der Waals surface area contributed by atoms with Gasteiger partial charge in [-0.25, -0.2) is 14.1 Å². The standard InChI is InChI=1S/C26H32FN5O5S.H2/c1-4-36-20-6-5-11-32(15-20)25-22(26(33)31-38(34,35)24-9-10-28-30-24)7-8-23(29-25)18-12-19(27)14-21(13-18)37-16-17(2)3;/h7-10,12-14,17,20H,4-6,11,15-16H2,1-3H3,(H,28,30)(H,31,33);1H. The van der Waals surface area contributed by atoms with Gasteiger partial charge in [-0.1, -0.05) is 13.8 Å². The third-order valence-corrected chi connectivity index (χ3v) is 7.20. The van der Waals surface area contributed by atoms with Gasteiger partial charge in [0, 0.05) is 32.8 Å². The monoisotopic (exact) mass is 547 g/mol. The summed E-state index contributed by atoms with van der Waals surface area (Å²) in [6.45, 7) is 7.96. The Morgan fingerprint density at radius 2 is 2.11 bits per heavy atom. The van der Waals surface area contributed by atoms with Gasteiger partial charge < -0.3 is 14.4 Å². The van der Waals surface area contributed by atoms with Crippen LogP contribution in [0, 0.1) is 11.7 Å². The molecule has 38 heavy (non-hydrogen) atoms. The lowest BCUT2D eigenvalue weighted by molar-refractivity contribution is 0.0524. The number of amides is 1. The summed E-state index contributed by atoms with van der Waals surface area (Å²) in [6.07, 6.45) is 2.88. The Balaban J connectivity index is 0.00000420. The molecule has 1 amide bonds. The first-order valence-corrected chi connectivity index (χ1v) is 14.0. The first kappa shape index (κ1) is 27.5. The van der Waals surface area contributed by atoms with E-state index in [-0.39, 0.29) is 29.9 Å². The molecule has 1 saturated heterocycles. The third kappa shape index (κ3) is 6.67. The van der Waals surface area contributed by atoms with Crippen molar-refractivity contribution >= 4 is 21.7 Å². The van der Waals surface area contributed by atoms with Crippen LogP contribution >= 0.6 is 0 Å². The number of sulfonamides is 1. The Bertz CT molecular complexity index is 1370. The largest absolute Gasteiger partial charge is 0.493 e. The molecular weight excluding hydrogens is 513 g/mol. The number of carbonyl (C=O) groups is 1. The van der Waals surface area contributed by atoms with Crippen LogP contribution in [0.5, 0.6) is 5.75 Å². The maximum Gasteiger partial charge on any atom is 0.281 e. The van der Waals surface area contributed by atoms with Crippen molar-refractivity contribution in [2.45, 2.75) is 44.7 Å². The molecule has 1 fully saturated rings. The Morgan fingerprint density at radius 1 is 1.29 bits per heavy atom. The van der Waals surface area contributed by atoms with E-state index in [1.807, 2.05) is 25.7 Å². The summed E-state index contributed by atoms with van der Waals surface area (Å²) < 4.78 is 53.4. The fraction of sp³-hybridized carbons (Fsp3) is 0.423. The number of anilines is 1. The first-order chi connectivity index (χ1) is 18.2. The summed E-state index contributed by atoms with van der Waals surface area (Å²) in [5.74, 6) is -0.393. The van der Waals surface area contributed by atoms with Crippen LogP contribution in [0.2, 0.25) is 0 Å². The lowest BCUT2D eigenvalue weighted by Gasteiger charge is -2.34. The van der Waals surface area contributed by atoms with Gasteiger partial charge >= 0.3 is 0 Å². The van der Waals surface area contributed by atoms with Crippen LogP contribution in [-0.4, -0.2) is 61.9 Å². The molecule has 0 aliphatic carbocycles. The summed E-state index contributed by atoms with van der Waals surface area (Å²) >= 11 is 0. The molecule has 1 aromatic carbocycles. The maximum absolute atomic E-state index is 14.5. The van der Waals surface area contributed by atoms with Gasteiger partial charge in [-0.15, -0.1) is 0 Å². The molecule has 1 atom stereocenters. The van der Waals surface area contributed by atoms with Gasteiger partial charge in [-0.3, -0.25) is 9.89 Å². The van der Waals surface area contributed by atoms with E-state index >= 15 is 0 Å².